The van der Waals surface area contributed by atoms with Crippen molar-refractivity contribution >= 4 is 5.69 Å². The number of para-hydroxylation sites is 1. The third kappa shape index (κ3) is 3.79. The van der Waals surface area contributed by atoms with Crippen molar-refractivity contribution in [2.24, 2.45) is 0 Å². The SMILES string of the molecule is COc1cc(CN2CCN(c3ccccc3F)CC2)cc(OC)c1. The molecule has 1 fully saturated rings. The monoisotopic (exact) mass is 330 g/mol. The number of hydrogen-bond donors (Lipinski definition) is 0. The van der Waals surface area contributed by atoms with Gasteiger partial charge in [-0.25, -0.2) is 4.39 Å². The summed E-state index contributed by atoms with van der Waals surface area (Å²) >= 11 is 0. The summed E-state index contributed by atoms with van der Waals surface area (Å²) in [4.78, 5) is 4.48. The molecular formula is C19H23FN2O2. The third-order valence-electron chi connectivity index (χ3n) is 4.38. The van der Waals surface area contributed by atoms with Crippen LogP contribution in [-0.2, 0) is 6.54 Å². The van der Waals surface area contributed by atoms with Crippen LogP contribution in [0.2, 0.25) is 0 Å². The van der Waals surface area contributed by atoms with E-state index >= 15 is 0 Å². The Morgan fingerprint density at radius 2 is 1.54 bits per heavy atom. The molecule has 5 heteroatoms. The summed E-state index contributed by atoms with van der Waals surface area (Å²) in [5.74, 6) is 1.45. The van der Waals surface area contributed by atoms with Gasteiger partial charge >= 0.3 is 0 Å². The Morgan fingerprint density at radius 1 is 0.917 bits per heavy atom. The Morgan fingerprint density at radius 3 is 2.12 bits per heavy atom. The molecule has 2 aromatic rings. The first-order valence-electron chi connectivity index (χ1n) is 8.13. The van der Waals surface area contributed by atoms with E-state index in [1.54, 1.807) is 20.3 Å². The van der Waals surface area contributed by atoms with Crippen molar-refractivity contribution in [2.45, 2.75) is 6.54 Å². The van der Waals surface area contributed by atoms with E-state index in [2.05, 4.69) is 9.80 Å². The zero-order valence-electron chi connectivity index (χ0n) is 14.2. The lowest BCUT2D eigenvalue weighted by Gasteiger charge is -2.36. The fraction of sp³-hybridized carbons (Fsp3) is 0.368. The number of benzene rings is 2. The molecular weight excluding hydrogens is 307 g/mol. The molecule has 0 aliphatic carbocycles. The molecule has 1 heterocycles. The zero-order valence-corrected chi connectivity index (χ0v) is 14.2. The second-order valence-electron chi connectivity index (χ2n) is 5.94. The van der Waals surface area contributed by atoms with Crippen LogP contribution in [0.25, 0.3) is 0 Å². The molecule has 4 nitrogen and oxygen atoms in total. The maximum absolute atomic E-state index is 13.9. The average molecular weight is 330 g/mol. The summed E-state index contributed by atoms with van der Waals surface area (Å²) < 4.78 is 24.6. The lowest BCUT2D eigenvalue weighted by atomic mass is 10.1. The predicted molar refractivity (Wildman–Crippen MR) is 93.4 cm³/mol. The fourth-order valence-corrected chi connectivity index (χ4v) is 3.07. The second kappa shape index (κ2) is 7.53. The predicted octanol–water partition coefficient (Wildman–Crippen LogP) is 3.17. The van der Waals surface area contributed by atoms with Crippen LogP contribution in [0, 0.1) is 5.82 Å². The first kappa shape index (κ1) is 16.6. The van der Waals surface area contributed by atoms with Crippen LogP contribution in [-0.4, -0.2) is 45.3 Å². The van der Waals surface area contributed by atoms with Gasteiger partial charge in [-0.05, 0) is 29.8 Å². The molecule has 1 aliphatic heterocycles. The van der Waals surface area contributed by atoms with Gasteiger partial charge in [-0.3, -0.25) is 4.90 Å². The van der Waals surface area contributed by atoms with Gasteiger partial charge in [0, 0.05) is 38.8 Å². The molecule has 1 saturated heterocycles. The lowest BCUT2D eigenvalue weighted by molar-refractivity contribution is 0.248. The highest BCUT2D eigenvalue weighted by Crippen LogP contribution is 2.25. The molecule has 0 aromatic heterocycles. The molecule has 0 bridgehead atoms. The number of nitrogens with zero attached hydrogens (tertiary/aromatic N) is 2. The van der Waals surface area contributed by atoms with Crippen LogP contribution in [0.1, 0.15) is 5.56 Å². The second-order valence-corrected chi connectivity index (χ2v) is 5.94. The molecule has 0 amide bonds. The first-order valence-corrected chi connectivity index (χ1v) is 8.13. The zero-order chi connectivity index (χ0) is 16.9. The molecule has 1 aliphatic rings. The Kier molecular flexibility index (Phi) is 5.20. The van der Waals surface area contributed by atoms with Crippen molar-refractivity contribution < 1.29 is 13.9 Å². The number of rotatable bonds is 5. The third-order valence-corrected chi connectivity index (χ3v) is 4.38. The number of anilines is 1. The van der Waals surface area contributed by atoms with Gasteiger partial charge < -0.3 is 14.4 Å². The van der Waals surface area contributed by atoms with Gasteiger partial charge in [0.05, 0.1) is 19.9 Å². The van der Waals surface area contributed by atoms with Gasteiger partial charge in [0.1, 0.15) is 17.3 Å². The molecule has 0 saturated carbocycles. The van der Waals surface area contributed by atoms with E-state index in [0.717, 1.165) is 49.8 Å². The van der Waals surface area contributed by atoms with Gasteiger partial charge in [0.2, 0.25) is 0 Å². The minimum Gasteiger partial charge on any atom is -0.497 e. The molecule has 0 radical (unpaired) electrons. The van der Waals surface area contributed by atoms with Crippen LogP contribution in [0.4, 0.5) is 10.1 Å². The number of methoxy groups -OCH3 is 2. The Balaban J connectivity index is 1.62. The summed E-state index contributed by atoms with van der Waals surface area (Å²) in [6, 6.07) is 12.9. The van der Waals surface area contributed by atoms with Crippen LogP contribution < -0.4 is 14.4 Å². The Labute approximate surface area is 142 Å². The Hall–Kier alpha value is -2.27. The molecule has 0 N–H and O–H groups in total. The smallest absolute Gasteiger partial charge is 0.146 e. The first-order chi connectivity index (χ1) is 11.7. The van der Waals surface area contributed by atoms with Gasteiger partial charge in [0.25, 0.3) is 0 Å². The molecule has 2 aromatic carbocycles. The maximum Gasteiger partial charge on any atom is 0.146 e. The van der Waals surface area contributed by atoms with Crippen molar-refractivity contribution in [3.05, 3.63) is 53.8 Å². The summed E-state index contributed by atoms with van der Waals surface area (Å²) in [5, 5.41) is 0. The molecule has 0 unspecified atom stereocenters. The highest BCUT2D eigenvalue weighted by Gasteiger charge is 2.19. The normalized spacial score (nSPS) is 15.4. The summed E-state index contributed by atoms with van der Waals surface area (Å²) in [5.41, 5.74) is 1.85. The summed E-state index contributed by atoms with van der Waals surface area (Å²) in [6.45, 7) is 4.27. The highest BCUT2D eigenvalue weighted by atomic mass is 19.1. The number of ether oxygens (including phenoxy) is 2. The van der Waals surface area contributed by atoms with Crippen molar-refractivity contribution in [1.82, 2.24) is 4.90 Å². The van der Waals surface area contributed by atoms with Gasteiger partial charge in [-0.2, -0.15) is 0 Å². The molecule has 0 atom stereocenters. The maximum atomic E-state index is 13.9. The van der Waals surface area contributed by atoms with Crippen LogP contribution in [0.5, 0.6) is 11.5 Å². The van der Waals surface area contributed by atoms with Crippen molar-refractivity contribution in [3.8, 4) is 11.5 Å². The molecule has 128 valence electrons. The van der Waals surface area contributed by atoms with E-state index in [4.69, 9.17) is 9.47 Å². The molecule has 24 heavy (non-hydrogen) atoms. The summed E-state index contributed by atoms with van der Waals surface area (Å²) in [7, 11) is 3.32. The largest absolute Gasteiger partial charge is 0.497 e. The van der Waals surface area contributed by atoms with Crippen molar-refractivity contribution in [2.75, 3.05) is 45.3 Å². The standard InChI is InChI=1S/C19H23FN2O2/c1-23-16-11-15(12-17(13-16)24-2)14-21-7-9-22(10-8-21)19-6-4-3-5-18(19)20/h3-6,11-13H,7-10,14H2,1-2H3. The quantitative estimate of drug-likeness (QED) is 0.841. The van der Waals surface area contributed by atoms with Crippen LogP contribution in [0.3, 0.4) is 0 Å². The minimum absolute atomic E-state index is 0.150. The van der Waals surface area contributed by atoms with Crippen molar-refractivity contribution in [1.29, 1.82) is 0 Å². The van der Waals surface area contributed by atoms with Gasteiger partial charge in [-0.15, -0.1) is 0 Å². The van der Waals surface area contributed by atoms with Gasteiger partial charge in [-0.1, -0.05) is 12.1 Å². The lowest BCUT2D eigenvalue weighted by Crippen LogP contribution is -2.46. The molecule has 0 spiro atoms. The van der Waals surface area contributed by atoms with E-state index in [9.17, 15) is 4.39 Å². The Bertz CT molecular complexity index is 663. The average Bonchev–Trinajstić information content (AvgIpc) is 2.62. The van der Waals surface area contributed by atoms with Gasteiger partial charge in [0.15, 0.2) is 0 Å². The number of piperazine rings is 1. The van der Waals surface area contributed by atoms with E-state index < -0.39 is 0 Å². The highest BCUT2D eigenvalue weighted by molar-refractivity contribution is 5.48. The van der Waals surface area contributed by atoms with Crippen LogP contribution in [0.15, 0.2) is 42.5 Å². The van der Waals surface area contributed by atoms with Crippen molar-refractivity contribution in [3.63, 3.8) is 0 Å². The van der Waals surface area contributed by atoms with E-state index in [1.807, 2.05) is 30.3 Å². The number of hydrogen-bond acceptors (Lipinski definition) is 4. The topological polar surface area (TPSA) is 24.9 Å². The van der Waals surface area contributed by atoms with E-state index in [1.165, 1.54) is 6.07 Å². The van der Waals surface area contributed by atoms with E-state index in [0.29, 0.717) is 5.69 Å². The minimum atomic E-state index is -0.150. The number of halogens is 1. The summed E-state index contributed by atoms with van der Waals surface area (Å²) in [6.07, 6.45) is 0. The fourth-order valence-electron chi connectivity index (χ4n) is 3.07. The molecule has 3 rings (SSSR count). The van der Waals surface area contributed by atoms with E-state index in [-0.39, 0.29) is 5.82 Å². The van der Waals surface area contributed by atoms with Crippen LogP contribution >= 0.6 is 0 Å².